The fourth-order valence-electron chi connectivity index (χ4n) is 3.04. The van der Waals surface area contributed by atoms with E-state index in [9.17, 15) is 4.79 Å². The molecule has 1 N–H and O–H groups in total. The number of carboxylic acids is 1. The lowest BCUT2D eigenvalue weighted by atomic mass is 9.75. The lowest BCUT2D eigenvalue weighted by Gasteiger charge is -2.28. The number of hydrogen-bond acceptors (Lipinski definition) is 1. The van der Waals surface area contributed by atoms with E-state index in [-0.39, 0.29) is 6.05 Å². The van der Waals surface area contributed by atoms with Crippen LogP contribution in [0.15, 0.2) is 35.9 Å². The van der Waals surface area contributed by atoms with Gasteiger partial charge in [0, 0.05) is 16.9 Å². The third-order valence-corrected chi connectivity index (χ3v) is 3.76. The molecule has 2 nitrogen and oxygen atoms in total. The van der Waals surface area contributed by atoms with Crippen LogP contribution in [0.5, 0.6) is 0 Å². The molecule has 0 heterocycles. The van der Waals surface area contributed by atoms with Crippen LogP contribution in [0.1, 0.15) is 40.2 Å². The molecule has 0 atom stereocenters. The highest BCUT2D eigenvalue weighted by Gasteiger charge is 2.46. The molecule has 0 aliphatic heterocycles. The second-order valence-corrected chi connectivity index (χ2v) is 5.60. The van der Waals surface area contributed by atoms with Gasteiger partial charge >= 0.3 is 5.97 Å². The van der Waals surface area contributed by atoms with E-state index in [0.29, 0.717) is 5.57 Å². The third kappa shape index (κ3) is 1.59. The molecule has 1 aliphatic rings. The van der Waals surface area contributed by atoms with Gasteiger partial charge in [-0.2, -0.15) is 0 Å². The van der Waals surface area contributed by atoms with E-state index < -0.39 is 16.8 Å². The molecule has 0 saturated carbocycles. The van der Waals surface area contributed by atoms with Gasteiger partial charge < -0.3 is 5.11 Å². The molecule has 0 unspecified atom stereocenters. The van der Waals surface area contributed by atoms with Gasteiger partial charge in [-0.25, -0.2) is 4.79 Å². The molecule has 2 heteroatoms. The van der Waals surface area contributed by atoms with Crippen LogP contribution in [-0.2, 0) is 15.6 Å². The van der Waals surface area contributed by atoms with Crippen molar-refractivity contribution in [3.05, 3.63) is 47.0 Å². The lowest BCUT2D eigenvalue weighted by molar-refractivity contribution is -0.131. The van der Waals surface area contributed by atoms with Gasteiger partial charge in [0.1, 0.15) is 0 Å². The summed E-state index contributed by atoms with van der Waals surface area (Å²) in [7, 11) is 0. The molecule has 2 rings (SSSR count). The van der Waals surface area contributed by atoms with Gasteiger partial charge in [-0.1, -0.05) is 52.0 Å². The Hall–Kier alpha value is -1.57. The smallest absolute Gasteiger partial charge is 0.328 e. The number of rotatable bonds is 1. The Morgan fingerprint density at radius 1 is 1.18 bits per heavy atom. The number of hydrogen-bond donors (Lipinski definition) is 1. The molecule has 0 radical (unpaired) electrons. The molecule has 0 spiro atoms. The summed E-state index contributed by atoms with van der Waals surface area (Å²) in [6, 6.07) is 7.70. The molecule has 90 valence electrons. The SMILES string of the molecule is [2H]C(C(=O)O)=C1C(C)(C)c2ccccc2C1(C)C. The topological polar surface area (TPSA) is 37.3 Å². The standard InChI is InChI=1S/C15H18O2/c1-14(2)10-7-5-6-8-11(10)15(3,4)12(14)9-13(16)17/h5-9H,1-4H3,(H,16,17)/i9D. The average Bonchev–Trinajstić information content (AvgIpc) is 2.43. The summed E-state index contributed by atoms with van der Waals surface area (Å²) in [5.74, 6) is -1.15. The quantitative estimate of drug-likeness (QED) is 0.753. The number of benzene rings is 1. The maximum absolute atomic E-state index is 11.2. The third-order valence-electron chi connectivity index (χ3n) is 3.76. The van der Waals surface area contributed by atoms with Gasteiger partial charge in [0.2, 0.25) is 0 Å². The highest BCUT2D eigenvalue weighted by molar-refractivity contribution is 5.83. The maximum Gasteiger partial charge on any atom is 0.328 e. The van der Waals surface area contributed by atoms with Gasteiger partial charge in [-0.05, 0) is 16.7 Å². The van der Waals surface area contributed by atoms with Gasteiger partial charge in [0.25, 0.3) is 0 Å². The second kappa shape index (κ2) is 3.46. The van der Waals surface area contributed by atoms with Crippen molar-refractivity contribution >= 4 is 5.97 Å². The largest absolute Gasteiger partial charge is 0.478 e. The normalized spacial score (nSPS) is 20.7. The number of carbonyl (C=O) groups is 1. The first-order valence-corrected chi connectivity index (χ1v) is 5.76. The van der Waals surface area contributed by atoms with Gasteiger partial charge in [-0.3, -0.25) is 0 Å². The zero-order valence-electron chi connectivity index (χ0n) is 11.7. The Balaban J connectivity index is 2.82. The molecule has 1 aromatic rings. The van der Waals surface area contributed by atoms with Crippen molar-refractivity contribution in [2.45, 2.75) is 38.5 Å². The number of fused-ring (bicyclic) bond motifs is 1. The zero-order valence-corrected chi connectivity index (χ0v) is 10.7. The van der Waals surface area contributed by atoms with Crippen LogP contribution >= 0.6 is 0 Å². The molecule has 0 fully saturated rings. The summed E-state index contributed by atoms with van der Waals surface area (Å²) in [5.41, 5.74) is 2.11. The molecular weight excluding hydrogens is 212 g/mol. The first kappa shape index (κ1) is 10.6. The maximum atomic E-state index is 11.2. The van der Waals surface area contributed by atoms with Crippen LogP contribution in [0.4, 0.5) is 0 Å². The molecule has 0 saturated heterocycles. The predicted octanol–water partition coefficient (Wildman–Crippen LogP) is 3.27. The second-order valence-electron chi connectivity index (χ2n) is 5.60. The van der Waals surface area contributed by atoms with Gasteiger partial charge in [0.05, 0.1) is 1.37 Å². The Morgan fingerprint density at radius 2 is 1.59 bits per heavy atom. The van der Waals surface area contributed by atoms with Crippen LogP contribution < -0.4 is 0 Å². The van der Waals surface area contributed by atoms with Crippen LogP contribution in [-0.4, -0.2) is 11.1 Å². The Bertz CT molecular complexity index is 516. The fraction of sp³-hybridized carbons (Fsp3) is 0.400. The first-order valence-electron chi connectivity index (χ1n) is 6.26. The van der Waals surface area contributed by atoms with E-state index in [1.54, 1.807) is 0 Å². The lowest BCUT2D eigenvalue weighted by Crippen LogP contribution is -2.24. The van der Waals surface area contributed by atoms with Crippen molar-refractivity contribution in [3.63, 3.8) is 0 Å². The Kier molecular flexibility index (Phi) is 2.15. The first-order chi connectivity index (χ1) is 8.20. The van der Waals surface area contributed by atoms with E-state index in [2.05, 4.69) is 0 Å². The van der Waals surface area contributed by atoms with Crippen molar-refractivity contribution in [1.29, 1.82) is 0 Å². The summed E-state index contributed by atoms with van der Waals surface area (Å²) in [6.45, 7) is 7.97. The van der Waals surface area contributed by atoms with Crippen LogP contribution in [0.2, 0.25) is 0 Å². The minimum absolute atomic E-state index is 0.277. The molecule has 0 bridgehead atoms. The summed E-state index contributed by atoms with van der Waals surface area (Å²) < 4.78 is 7.89. The molecule has 1 aliphatic carbocycles. The van der Waals surface area contributed by atoms with Crippen molar-refractivity contribution < 1.29 is 11.3 Å². The van der Waals surface area contributed by atoms with Crippen molar-refractivity contribution in [2.75, 3.05) is 0 Å². The number of allylic oxidation sites excluding steroid dienone is 1. The molecular formula is C15H18O2. The molecule has 17 heavy (non-hydrogen) atoms. The number of carboxylic acid groups (broad SMARTS) is 1. The van der Waals surface area contributed by atoms with Crippen molar-refractivity contribution in [1.82, 2.24) is 0 Å². The van der Waals surface area contributed by atoms with Gasteiger partial charge in [0.15, 0.2) is 0 Å². The van der Waals surface area contributed by atoms with E-state index in [1.165, 1.54) is 0 Å². The average molecular weight is 231 g/mol. The summed E-state index contributed by atoms with van der Waals surface area (Å²) in [4.78, 5) is 11.2. The predicted molar refractivity (Wildman–Crippen MR) is 68.2 cm³/mol. The number of aliphatic carboxylic acids is 1. The van der Waals surface area contributed by atoms with Crippen LogP contribution in [0.25, 0.3) is 0 Å². The van der Waals surface area contributed by atoms with E-state index in [0.717, 1.165) is 11.1 Å². The minimum atomic E-state index is -1.15. The summed E-state index contributed by atoms with van der Waals surface area (Å²) in [6.07, 6.45) is 0. The van der Waals surface area contributed by atoms with E-state index >= 15 is 0 Å². The highest BCUT2D eigenvalue weighted by Crippen LogP contribution is 2.53. The van der Waals surface area contributed by atoms with Crippen molar-refractivity contribution in [2.24, 2.45) is 0 Å². The Labute approximate surface area is 103 Å². The monoisotopic (exact) mass is 231 g/mol. The Morgan fingerprint density at radius 3 is 1.94 bits per heavy atom. The molecule has 1 aromatic carbocycles. The van der Waals surface area contributed by atoms with Crippen molar-refractivity contribution in [3.8, 4) is 0 Å². The van der Waals surface area contributed by atoms with E-state index in [1.807, 2.05) is 52.0 Å². The summed E-state index contributed by atoms with van der Waals surface area (Å²) >= 11 is 0. The van der Waals surface area contributed by atoms with Gasteiger partial charge in [-0.15, -0.1) is 0 Å². The highest BCUT2D eigenvalue weighted by atomic mass is 16.4. The van der Waals surface area contributed by atoms with Crippen LogP contribution in [0.3, 0.4) is 0 Å². The fourth-order valence-corrected chi connectivity index (χ4v) is 3.04. The van der Waals surface area contributed by atoms with Crippen LogP contribution in [0, 0.1) is 0 Å². The summed E-state index contributed by atoms with van der Waals surface area (Å²) in [5, 5.41) is 9.14. The molecule has 0 amide bonds. The zero-order chi connectivity index (χ0) is 13.7. The minimum Gasteiger partial charge on any atom is -0.478 e. The van der Waals surface area contributed by atoms with E-state index in [4.69, 9.17) is 6.48 Å². The molecule has 0 aromatic heterocycles.